The van der Waals surface area contributed by atoms with Crippen molar-refractivity contribution in [2.45, 2.75) is 33.7 Å². The van der Waals surface area contributed by atoms with E-state index in [1.165, 1.54) is 11.5 Å². The van der Waals surface area contributed by atoms with Crippen molar-refractivity contribution in [2.24, 2.45) is 0 Å². The molecule has 0 saturated carbocycles. The van der Waals surface area contributed by atoms with E-state index in [9.17, 15) is 4.79 Å². The van der Waals surface area contributed by atoms with E-state index in [0.29, 0.717) is 36.3 Å². The number of likely N-dealkylation sites (N-methyl/N-ethyl adjacent to an activating group) is 1. The molecule has 0 aliphatic heterocycles. The maximum absolute atomic E-state index is 12.2. The standard InChI is InChI=1S/C12H22N4O2S/c1-5-16(6-2)12(17)8(4)14-11-9(18-7-3)10(13)15-19-11/h8,14H,5-7H2,1-4H3,(H2,13,15). The van der Waals surface area contributed by atoms with Gasteiger partial charge in [0.25, 0.3) is 0 Å². The lowest BCUT2D eigenvalue weighted by molar-refractivity contribution is -0.131. The van der Waals surface area contributed by atoms with Crippen molar-refractivity contribution >= 4 is 28.3 Å². The van der Waals surface area contributed by atoms with Gasteiger partial charge < -0.3 is 20.7 Å². The number of rotatable bonds is 7. The van der Waals surface area contributed by atoms with Crippen LogP contribution in [0.2, 0.25) is 0 Å². The Kier molecular flexibility index (Phi) is 5.88. The number of amides is 1. The third-order valence-corrected chi connectivity index (χ3v) is 3.53. The highest BCUT2D eigenvalue weighted by atomic mass is 32.1. The van der Waals surface area contributed by atoms with Crippen LogP contribution in [0.25, 0.3) is 0 Å². The van der Waals surface area contributed by atoms with Crippen molar-refractivity contribution in [3.63, 3.8) is 0 Å². The summed E-state index contributed by atoms with van der Waals surface area (Å²) in [4.78, 5) is 13.9. The number of aromatic nitrogens is 1. The average molecular weight is 286 g/mol. The molecule has 19 heavy (non-hydrogen) atoms. The van der Waals surface area contributed by atoms with Crippen molar-refractivity contribution in [3.8, 4) is 5.75 Å². The van der Waals surface area contributed by atoms with Gasteiger partial charge in [-0.15, -0.1) is 0 Å². The summed E-state index contributed by atoms with van der Waals surface area (Å²) in [6, 6.07) is -0.334. The van der Waals surface area contributed by atoms with Crippen LogP contribution in [0.1, 0.15) is 27.7 Å². The molecule has 108 valence electrons. The molecular formula is C12H22N4O2S. The first-order chi connectivity index (χ1) is 9.04. The first-order valence-corrected chi connectivity index (χ1v) is 7.25. The Balaban J connectivity index is 2.76. The van der Waals surface area contributed by atoms with Crippen molar-refractivity contribution in [1.29, 1.82) is 0 Å². The van der Waals surface area contributed by atoms with Crippen LogP contribution in [0.3, 0.4) is 0 Å². The fourth-order valence-electron chi connectivity index (χ4n) is 1.74. The molecule has 1 amide bonds. The minimum Gasteiger partial charge on any atom is -0.487 e. The molecule has 1 heterocycles. The number of hydrogen-bond donors (Lipinski definition) is 2. The number of nitrogens with two attached hydrogens (primary N) is 1. The number of nitrogens with one attached hydrogen (secondary N) is 1. The van der Waals surface area contributed by atoms with Crippen LogP contribution in [0, 0.1) is 0 Å². The second kappa shape index (κ2) is 7.18. The van der Waals surface area contributed by atoms with E-state index < -0.39 is 0 Å². The molecule has 0 aliphatic rings. The smallest absolute Gasteiger partial charge is 0.244 e. The molecule has 0 fully saturated rings. The normalized spacial score (nSPS) is 12.0. The molecule has 7 heteroatoms. The molecule has 0 aliphatic carbocycles. The second-order valence-electron chi connectivity index (χ2n) is 4.04. The zero-order chi connectivity index (χ0) is 14.4. The van der Waals surface area contributed by atoms with Gasteiger partial charge in [-0.05, 0) is 39.2 Å². The summed E-state index contributed by atoms with van der Waals surface area (Å²) < 4.78 is 9.48. The van der Waals surface area contributed by atoms with Crippen LogP contribution in [0.15, 0.2) is 0 Å². The van der Waals surface area contributed by atoms with Gasteiger partial charge in [-0.2, -0.15) is 4.37 Å². The molecule has 0 bridgehead atoms. The Hall–Kier alpha value is -1.50. The van der Waals surface area contributed by atoms with Crippen LogP contribution < -0.4 is 15.8 Å². The van der Waals surface area contributed by atoms with Gasteiger partial charge in [-0.3, -0.25) is 4.79 Å². The average Bonchev–Trinajstić information content (AvgIpc) is 2.73. The number of anilines is 2. The van der Waals surface area contributed by atoms with Gasteiger partial charge in [-0.25, -0.2) is 0 Å². The fraction of sp³-hybridized carbons (Fsp3) is 0.667. The number of ether oxygens (including phenoxy) is 1. The monoisotopic (exact) mass is 286 g/mol. The third-order valence-electron chi connectivity index (χ3n) is 2.76. The third kappa shape index (κ3) is 3.73. The van der Waals surface area contributed by atoms with Gasteiger partial charge in [0.15, 0.2) is 16.6 Å². The minimum absolute atomic E-state index is 0.0550. The topological polar surface area (TPSA) is 80.5 Å². The molecular weight excluding hydrogens is 264 g/mol. The molecule has 1 rings (SSSR count). The van der Waals surface area contributed by atoms with Crippen molar-refractivity contribution in [2.75, 3.05) is 30.7 Å². The minimum atomic E-state index is -0.334. The van der Waals surface area contributed by atoms with E-state index >= 15 is 0 Å². The van der Waals surface area contributed by atoms with Gasteiger partial charge in [0.05, 0.1) is 6.61 Å². The highest BCUT2D eigenvalue weighted by molar-refractivity contribution is 7.11. The van der Waals surface area contributed by atoms with Gasteiger partial charge in [-0.1, -0.05) is 0 Å². The predicted molar refractivity (Wildman–Crippen MR) is 78.7 cm³/mol. The number of nitrogen functional groups attached to an aromatic ring is 1. The van der Waals surface area contributed by atoms with Gasteiger partial charge in [0.1, 0.15) is 6.04 Å². The summed E-state index contributed by atoms with van der Waals surface area (Å²) >= 11 is 1.21. The Morgan fingerprint density at radius 3 is 2.63 bits per heavy atom. The van der Waals surface area contributed by atoms with Gasteiger partial charge in [0.2, 0.25) is 5.91 Å². The van der Waals surface area contributed by atoms with E-state index in [-0.39, 0.29) is 11.9 Å². The van der Waals surface area contributed by atoms with E-state index in [1.54, 1.807) is 4.90 Å². The quantitative estimate of drug-likeness (QED) is 0.799. The molecule has 1 atom stereocenters. The molecule has 3 N–H and O–H groups in total. The van der Waals surface area contributed by atoms with E-state index in [4.69, 9.17) is 10.5 Å². The van der Waals surface area contributed by atoms with Crippen LogP contribution >= 0.6 is 11.5 Å². The zero-order valence-corrected chi connectivity index (χ0v) is 12.7. The lowest BCUT2D eigenvalue weighted by Gasteiger charge is -2.23. The van der Waals surface area contributed by atoms with E-state index in [2.05, 4.69) is 9.69 Å². The Bertz CT molecular complexity index is 418. The number of carbonyl (C=O) groups is 1. The van der Waals surface area contributed by atoms with Crippen LogP contribution in [-0.4, -0.2) is 40.9 Å². The summed E-state index contributed by atoms with van der Waals surface area (Å²) in [6.07, 6.45) is 0. The summed E-state index contributed by atoms with van der Waals surface area (Å²) in [5.41, 5.74) is 5.73. The van der Waals surface area contributed by atoms with Crippen molar-refractivity contribution < 1.29 is 9.53 Å². The maximum atomic E-state index is 12.2. The first kappa shape index (κ1) is 15.6. The van der Waals surface area contributed by atoms with E-state index in [0.717, 1.165) is 0 Å². The van der Waals surface area contributed by atoms with Crippen LogP contribution in [-0.2, 0) is 4.79 Å². The SMILES string of the molecule is CCOc1c(N)nsc1NC(C)C(=O)N(CC)CC. The molecule has 1 aromatic heterocycles. The fourth-order valence-corrected chi connectivity index (χ4v) is 2.49. The van der Waals surface area contributed by atoms with Crippen LogP contribution in [0.4, 0.5) is 10.8 Å². The largest absolute Gasteiger partial charge is 0.487 e. The summed E-state index contributed by atoms with van der Waals surface area (Å²) in [5.74, 6) is 0.947. The lowest BCUT2D eigenvalue weighted by atomic mass is 10.3. The summed E-state index contributed by atoms with van der Waals surface area (Å²) in [5, 5.41) is 3.83. The number of nitrogens with zero attached hydrogens (tertiary/aromatic N) is 2. The maximum Gasteiger partial charge on any atom is 0.244 e. The molecule has 0 radical (unpaired) electrons. The predicted octanol–water partition coefficient (Wildman–Crippen LogP) is 1.79. The molecule has 1 unspecified atom stereocenters. The number of carbonyl (C=O) groups excluding carboxylic acids is 1. The summed E-state index contributed by atoms with van der Waals surface area (Å²) in [6.45, 7) is 9.54. The molecule has 0 saturated heterocycles. The van der Waals surface area contributed by atoms with Crippen LogP contribution in [0.5, 0.6) is 5.75 Å². The van der Waals surface area contributed by atoms with Gasteiger partial charge >= 0.3 is 0 Å². The van der Waals surface area contributed by atoms with Gasteiger partial charge in [0, 0.05) is 13.1 Å². The molecule has 0 spiro atoms. The second-order valence-corrected chi connectivity index (χ2v) is 4.81. The molecule has 1 aromatic rings. The first-order valence-electron chi connectivity index (χ1n) is 6.48. The lowest BCUT2D eigenvalue weighted by Crippen LogP contribution is -2.41. The molecule has 6 nitrogen and oxygen atoms in total. The number of hydrogen-bond acceptors (Lipinski definition) is 6. The Morgan fingerprint density at radius 1 is 1.47 bits per heavy atom. The Morgan fingerprint density at radius 2 is 2.11 bits per heavy atom. The Labute approximate surface area is 118 Å². The highest BCUT2D eigenvalue weighted by Crippen LogP contribution is 2.35. The molecule has 0 aromatic carbocycles. The zero-order valence-electron chi connectivity index (χ0n) is 11.9. The van der Waals surface area contributed by atoms with Crippen molar-refractivity contribution in [3.05, 3.63) is 0 Å². The summed E-state index contributed by atoms with van der Waals surface area (Å²) in [7, 11) is 0. The highest BCUT2D eigenvalue weighted by Gasteiger charge is 2.21. The van der Waals surface area contributed by atoms with E-state index in [1.807, 2.05) is 27.7 Å². The van der Waals surface area contributed by atoms with Crippen molar-refractivity contribution in [1.82, 2.24) is 9.27 Å².